The lowest BCUT2D eigenvalue weighted by atomic mass is 9.94. The van der Waals surface area contributed by atoms with Gasteiger partial charge in [0.25, 0.3) is 11.7 Å². The van der Waals surface area contributed by atoms with Crippen LogP contribution in [0.3, 0.4) is 0 Å². The van der Waals surface area contributed by atoms with Crippen molar-refractivity contribution in [1.29, 1.82) is 0 Å². The Balaban J connectivity index is 1.66. The van der Waals surface area contributed by atoms with E-state index in [9.17, 15) is 14.7 Å². The van der Waals surface area contributed by atoms with E-state index in [2.05, 4.69) is 0 Å². The van der Waals surface area contributed by atoms with E-state index >= 15 is 0 Å². The maximum Gasteiger partial charge on any atom is 0.295 e. The van der Waals surface area contributed by atoms with Crippen molar-refractivity contribution in [3.63, 3.8) is 0 Å². The molecule has 3 aromatic rings. The third-order valence-corrected chi connectivity index (χ3v) is 6.99. The molecule has 0 spiro atoms. The second-order valence-electron chi connectivity index (χ2n) is 8.04. The molecule has 0 bridgehead atoms. The Labute approximate surface area is 200 Å². The van der Waals surface area contributed by atoms with Gasteiger partial charge in [-0.05, 0) is 52.9 Å². The first kappa shape index (κ1) is 22.0. The molecule has 2 aromatic carbocycles. The van der Waals surface area contributed by atoms with Crippen molar-refractivity contribution < 1.29 is 28.9 Å². The third-order valence-electron chi connectivity index (χ3n) is 6.13. The third kappa shape index (κ3) is 3.70. The number of nitrogens with zero attached hydrogens (tertiary/aromatic N) is 1. The number of carbonyl (C=O) groups is 2. The zero-order valence-corrected chi connectivity index (χ0v) is 19.6. The molecule has 0 radical (unpaired) electrons. The van der Waals surface area contributed by atoms with Gasteiger partial charge in [0.1, 0.15) is 11.5 Å². The molecule has 174 valence electrons. The Morgan fingerprint density at radius 1 is 1.12 bits per heavy atom. The van der Waals surface area contributed by atoms with Gasteiger partial charge in [0.2, 0.25) is 0 Å². The van der Waals surface area contributed by atoms with E-state index in [1.165, 1.54) is 30.5 Å². The van der Waals surface area contributed by atoms with Crippen LogP contribution in [0.4, 0.5) is 0 Å². The van der Waals surface area contributed by atoms with Crippen LogP contribution in [-0.2, 0) is 22.6 Å². The number of fused-ring (bicyclic) bond motifs is 1. The molecular formula is C26H23NO6S. The summed E-state index contributed by atoms with van der Waals surface area (Å²) in [5.41, 5.74) is 2.12. The highest BCUT2D eigenvalue weighted by Crippen LogP contribution is 2.43. The monoisotopic (exact) mass is 477 g/mol. The lowest BCUT2D eigenvalue weighted by molar-refractivity contribution is -0.140. The van der Waals surface area contributed by atoms with Crippen LogP contribution in [0.5, 0.6) is 17.2 Å². The summed E-state index contributed by atoms with van der Waals surface area (Å²) in [7, 11) is 3.06. The molecule has 1 fully saturated rings. The number of amides is 1. The van der Waals surface area contributed by atoms with Crippen LogP contribution < -0.4 is 14.2 Å². The molecule has 0 aliphatic carbocycles. The number of hydrogen-bond acceptors (Lipinski definition) is 7. The van der Waals surface area contributed by atoms with E-state index in [0.29, 0.717) is 29.2 Å². The maximum atomic E-state index is 13.3. The fourth-order valence-corrected chi connectivity index (χ4v) is 5.18. The summed E-state index contributed by atoms with van der Waals surface area (Å²) < 4.78 is 16.4. The van der Waals surface area contributed by atoms with Crippen molar-refractivity contribution >= 4 is 28.8 Å². The molecule has 1 amide bonds. The number of carbonyl (C=O) groups excluding carboxylic acids is 2. The molecule has 8 heteroatoms. The number of Topliss-reactive ketones (excluding diaryl/α,β-unsaturated/α-hetero) is 1. The van der Waals surface area contributed by atoms with E-state index < -0.39 is 17.7 Å². The SMILES string of the molecule is COc1ccc(C2/C(=C(\O)c3ccc4c(c3)CCO4)C(=O)C(=O)N2Cc2cccs2)cc1OC. The van der Waals surface area contributed by atoms with E-state index in [4.69, 9.17) is 14.2 Å². The Hall–Kier alpha value is -3.78. The highest BCUT2D eigenvalue weighted by molar-refractivity contribution is 7.09. The standard InChI is InChI=1S/C26H23NO6S/c1-31-20-8-5-16(13-21(20)32-2)23-22(24(28)17-6-7-19-15(12-17)9-10-33-19)25(29)26(30)27(23)14-18-4-3-11-34-18/h3-8,11-13,23,28H,9-10,14H2,1-2H3/b24-22+. The van der Waals surface area contributed by atoms with Crippen LogP contribution in [0.15, 0.2) is 59.5 Å². The normalized spacial score (nSPS) is 18.6. The minimum absolute atomic E-state index is 0.0487. The van der Waals surface area contributed by atoms with Gasteiger partial charge in [-0.2, -0.15) is 0 Å². The average Bonchev–Trinajstić information content (AvgIpc) is 3.60. The number of hydrogen-bond donors (Lipinski definition) is 1. The molecule has 7 nitrogen and oxygen atoms in total. The van der Waals surface area contributed by atoms with Crippen molar-refractivity contribution in [2.75, 3.05) is 20.8 Å². The number of thiophene rings is 1. The van der Waals surface area contributed by atoms with Gasteiger partial charge in [-0.3, -0.25) is 9.59 Å². The summed E-state index contributed by atoms with van der Waals surface area (Å²) in [6.07, 6.45) is 0.724. The predicted molar refractivity (Wildman–Crippen MR) is 127 cm³/mol. The number of ether oxygens (including phenoxy) is 3. The van der Waals surface area contributed by atoms with Gasteiger partial charge in [-0.15, -0.1) is 11.3 Å². The second kappa shape index (κ2) is 8.87. The summed E-state index contributed by atoms with van der Waals surface area (Å²) in [6, 6.07) is 13.6. The number of likely N-dealkylation sites (tertiary alicyclic amines) is 1. The number of aliphatic hydroxyl groups is 1. The topological polar surface area (TPSA) is 85.3 Å². The summed E-state index contributed by atoms with van der Waals surface area (Å²) in [4.78, 5) is 28.9. The summed E-state index contributed by atoms with van der Waals surface area (Å²) in [6.45, 7) is 0.826. The van der Waals surface area contributed by atoms with Crippen LogP contribution in [0.2, 0.25) is 0 Å². The number of rotatable bonds is 6. The van der Waals surface area contributed by atoms with Gasteiger partial charge in [0.15, 0.2) is 11.5 Å². The first-order valence-electron chi connectivity index (χ1n) is 10.8. The lowest BCUT2D eigenvalue weighted by Crippen LogP contribution is -2.28. The van der Waals surface area contributed by atoms with Crippen molar-refractivity contribution in [2.24, 2.45) is 0 Å². The first-order chi connectivity index (χ1) is 16.5. The van der Waals surface area contributed by atoms with Crippen LogP contribution in [0, 0.1) is 0 Å². The predicted octanol–water partition coefficient (Wildman–Crippen LogP) is 4.32. The quantitative estimate of drug-likeness (QED) is 0.323. The number of ketones is 1. The Morgan fingerprint density at radius 2 is 1.94 bits per heavy atom. The Morgan fingerprint density at radius 3 is 2.68 bits per heavy atom. The van der Waals surface area contributed by atoms with Gasteiger partial charge in [-0.1, -0.05) is 12.1 Å². The molecule has 2 aliphatic rings. The largest absolute Gasteiger partial charge is 0.507 e. The smallest absolute Gasteiger partial charge is 0.295 e. The Kier molecular flexibility index (Phi) is 5.75. The van der Waals surface area contributed by atoms with Crippen molar-refractivity contribution in [3.05, 3.63) is 81.1 Å². The molecular weight excluding hydrogens is 454 g/mol. The van der Waals surface area contributed by atoms with Gasteiger partial charge >= 0.3 is 0 Å². The zero-order chi connectivity index (χ0) is 23.8. The van der Waals surface area contributed by atoms with Crippen molar-refractivity contribution in [3.8, 4) is 17.2 Å². The highest BCUT2D eigenvalue weighted by atomic mass is 32.1. The molecule has 1 unspecified atom stereocenters. The zero-order valence-electron chi connectivity index (χ0n) is 18.7. The molecule has 1 saturated heterocycles. The molecule has 1 atom stereocenters. The molecule has 34 heavy (non-hydrogen) atoms. The van der Waals surface area contributed by atoms with E-state index in [-0.39, 0.29) is 17.9 Å². The maximum absolute atomic E-state index is 13.3. The highest BCUT2D eigenvalue weighted by Gasteiger charge is 2.46. The van der Waals surface area contributed by atoms with Crippen LogP contribution in [0.1, 0.15) is 27.6 Å². The number of methoxy groups -OCH3 is 2. The van der Waals surface area contributed by atoms with Gasteiger partial charge in [-0.25, -0.2) is 0 Å². The summed E-state index contributed by atoms with van der Waals surface area (Å²) in [5, 5.41) is 13.2. The number of benzene rings is 2. The van der Waals surface area contributed by atoms with Crippen LogP contribution in [-0.4, -0.2) is 42.5 Å². The lowest BCUT2D eigenvalue weighted by Gasteiger charge is -2.25. The average molecular weight is 478 g/mol. The molecule has 3 heterocycles. The van der Waals surface area contributed by atoms with Gasteiger partial charge < -0.3 is 24.2 Å². The van der Waals surface area contributed by atoms with Crippen LogP contribution >= 0.6 is 11.3 Å². The second-order valence-corrected chi connectivity index (χ2v) is 9.07. The summed E-state index contributed by atoms with van der Waals surface area (Å²) >= 11 is 1.50. The molecule has 0 saturated carbocycles. The summed E-state index contributed by atoms with van der Waals surface area (Å²) in [5.74, 6) is 0.189. The number of aliphatic hydroxyl groups excluding tert-OH is 1. The molecule has 1 N–H and O–H groups in total. The minimum atomic E-state index is -0.786. The first-order valence-corrected chi connectivity index (χ1v) is 11.7. The van der Waals surface area contributed by atoms with E-state index in [0.717, 1.165) is 22.6 Å². The van der Waals surface area contributed by atoms with Crippen molar-refractivity contribution in [2.45, 2.75) is 19.0 Å². The fourth-order valence-electron chi connectivity index (χ4n) is 4.47. The molecule has 2 aliphatic heterocycles. The molecule has 1 aromatic heterocycles. The van der Waals surface area contributed by atoms with E-state index in [1.54, 1.807) is 30.3 Å². The fraction of sp³-hybridized carbons (Fsp3) is 0.231. The van der Waals surface area contributed by atoms with E-state index in [1.807, 2.05) is 23.6 Å². The van der Waals surface area contributed by atoms with Gasteiger partial charge in [0, 0.05) is 16.9 Å². The molecule has 5 rings (SSSR count). The van der Waals surface area contributed by atoms with Crippen LogP contribution in [0.25, 0.3) is 5.76 Å². The van der Waals surface area contributed by atoms with Crippen molar-refractivity contribution in [1.82, 2.24) is 4.90 Å². The van der Waals surface area contributed by atoms with Gasteiger partial charge in [0.05, 0.1) is 39.0 Å². The minimum Gasteiger partial charge on any atom is -0.507 e. The Bertz CT molecular complexity index is 1300.